The van der Waals surface area contributed by atoms with Gasteiger partial charge in [-0.1, -0.05) is 55.3 Å². The molecule has 0 bridgehead atoms. The van der Waals surface area contributed by atoms with E-state index >= 15 is 0 Å². The van der Waals surface area contributed by atoms with E-state index in [1.54, 1.807) is 24.3 Å². The van der Waals surface area contributed by atoms with E-state index in [2.05, 4.69) is 22.2 Å². The van der Waals surface area contributed by atoms with Crippen molar-refractivity contribution in [3.05, 3.63) is 77.1 Å². The zero-order valence-electron chi connectivity index (χ0n) is 21.7. The minimum Gasteiger partial charge on any atom is -0.363 e. The lowest BCUT2D eigenvalue weighted by Gasteiger charge is -2.26. The Kier molecular flexibility index (Phi) is 8.59. The van der Waals surface area contributed by atoms with Gasteiger partial charge in [-0.3, -0.25) is 9.79 Å². The van der Waals surface area contributed by atoms with Crippen LogP contribution in [0.5, 0.6) is 0 Å². The van der Waals surface area contributed by atoms with Gasteiger partial charge in [0.25, 0.3) is 0 Å². The van der Waals surface area contributed by atoms with E-state index < -0.39 is 27.4 Å². The van der Waals surface area contributed by atoms with E-state index in [-0.39, 0.29) is 35.3 Å². The minimum absolute atomic E-state index is 0.0290. The van der Waals surface area contributed by atoms with Gasteiger partial charge in [0.05, 0.1) is 15.5 Å². The molecule has 1 fully saturated rings. The van der Waals surface area contributed by atoms with Crippen molar-refractivity contribution in [3.63, 3.8) is 0 Å². The van der Waals surface area contributed by atoms with Crippen LogP contribution in [0, 0.1) is 11.7 Å². The molecule has 1 aliphatic carbocycles. The zero-order chi connectivity index (χ0) is 27.5. The van der Waals surface area contributed by atoms with Crippen molar-refractivity contribution in [2.75, 3.05) is 13.1 Å². The van der Waals surface area contributed by atoms with Crippen LogP contribution in [0.3, 0.4) is 0 Å². The number of rotatable bonds is 12. The van der Waals surface area contributed by atoms with Gasteiger partial charge in [0.1, 0.15) is 11.7 Å². The van der Waals surface area contributed by atoms with Gasteiger partial charge in [0.15, 0.2) is 6.04 Å². The van der Waals surface area contributed by atoms with Gasteiger partial charge in [-0.25, -0.2) is 12.8 Å². The Balaban J connectivity index is 1.47. The van der Waals surface area contributed by atoms with Crippen molar-refractivity contribution >= 4 is 33.4 Å². The van der Waals surface area contributed by atoms with E-state index in [0.717, 1.165) is 12.3 Å². The molecule has 1 heterocycles. The number of sulfonamides is 1. The van der Waals surface area contributed by atoms with Crippen molar-refractivity contribution in [2.45, 2.75) is 62.6 Å². The maximum absolute atomic E-state index is 14.1. The summed E-state index contributed by atoms with van der Waals surface area (Å²) in [4.78, 5) is 17.6. The summed E-state index contributed by atoms with van der Waals surface area (Å²) in [5.74, 6) is 0.470. The molecule has 1 atom stereocenters. The van der Waals surface area contributed by atoms with Crippen LogP contribution < -0.4 is 10.6 Å². The Morgan fingerprint density at radius 1 is 1.24 bits per heavy atom. The zero-order valence-corrected chi connectivity index (χ0v) is 23.3. The molecular weight excluding hydrogens is 527 g/mol. The van der Waals surface area contributed by atoms with Crippen LogP contribution in [0.4, 0.5) is 4.39 Å². The monoisotopic (exact) mass is 560 g/mol. The molecule has 0 saturated heterocycles. The van der Waals surface area contributed by atoms with E-state index in [1.807, 2.05) is 13.8 Å². The third-order valence-corrected chi connectivity index (χ3v) is 9.07. The fraction of sp³-hybridized carbons (Fsp3) is 0.429. The fourth-order valence-electron chi connectivity index (χ4n) is 4.41. The molecule has 1 saturated carbocycles. The number of carbonyl (C=O) groups excluding carboxylic acids is 1. The molecule has 0 radical (unpaired) electrons. The van der Waals surface area contributed by atoms with Crippen LogP contribution in [0.25, 0.3) is 0 Å². The first-order valence-corrected chi connectivity index (χ1v) is 14.6. The SMILES string of the molecule is C=C(CCN(Cc1ccc(Cl)c(F)c1)S(=O)(=O)c1ccccc1)C1=N[C@@H](C(=O)NCCC2CC2)C(C)(C)N1. The fourth-order valence-corrected chi connectivity index (χ4v) is 5.98. The summed E-state index contributed by atoms with van der Waals surface area (Å²) >= 11 is 5.81. The highest BCUT2D eigenvalue weighted by Crippen LogP contribution is 2.32. The number of hydrogen-bond donors (Lipinski definition) is 2. The summed E-state index contributed by atoms with van der Waals surface area (Å²) in [7, 11) is -3.89. The highest BCUT2D eigenvalue weighted by molar-refractivity contribution is 7.89. The van der Waals surface area contributed by atoms with E-state index in [9.17, 15) is 17.6 Å². The molecule has 10 heteroatoms. The second-order valence-electron chi connectivity index (χ2n) is 10.5. The van der Waals surface area contributed by atoms with E-state index in [1.165, 1.54) is 41.4 Å². The predicted octanol–water partition coefficient (Wildman–Crippen LogP) is 4.68. The van der Waals surface area contributed by atoms with Crippen LogP contribution in [0.2, 0.25) is 5.02 Å². The van der Waals surface area contributed by atoms with Crippen molar-refractivity contribution < 1.29 is 17.6 Å². The number of hydrogen-bond acceptors (Lipinski definition) is 5. The summed E-state index contributed by atoms with van der Waals surface area (Å²) in [6.07, 6.45) is 3.72. The Morgan fingerprint density at radius 3 is 2.61 bits per heavy atom. The number of aliphatic imine (C=N–C) groups is 1. The Labute approximate surface area is 229 Å². The third-order valence-electron chi connectivity index (χ3n) is 6.90. The topological polar surface area (TPSA) is 90.9 Å². The van der Waals surface area contributed by atoms with Crippen LogP contribution in [-0.2, 0) is 21.4 Å². The molecule has 0 spiro atoms. The average molecular weight is 561 g/mol. The van der Waals surface area contributed by atoms with Crippen molar-refractivity contribution in [1.82, 2.24) is 14.9 Å². The maximum Gasteiger partial charge on any atom is 0.247 e. The molecule has 4 rings (SSSR count). The largest absolute Gasteiger partial charge is 0.363 e. The van der Waals surface area contributed by atoms with Gasteiger partial charge in [-0.05, 0) is 68.0 Å². The first kappa shape index (κ1) is 28.3. The molecule has 0 unspecified atom stereocenters. The van der Waals surface area contributed by atoms with Crippen LogP contribution >= 0.6 is 11.6 Å². The molecule has 1 amide bonds. The number of carbonyl (C=O) groups is 1. The quantitative estimate of drug-likeness (QED) is 0.394. The van der Waals surface area contributed by atoms with E-state index in [0.29, 0.717) is 23.5 Å². The molecule has 204 valence electrons. The Hall–Kier alpha value is -2.75. The smallest absolute Gasteiger partial charge is 0.247 e. The number of nitrogens with zero attached hydrogens (tertiary/aromatic N) is 2. The molecule has 2 aliphatic rings. The standard InChI is InChI=1S/C28H34ClFN4O3S/c1-19(26-32-25(28(2,3)33-26)27(35)31-15-13-20-9-10-20)14-16-34(18-21-11-12-23(29)24(30)17-21)38(36,37)22-7-5-4-6-8-22/h4-8,11-12,17,20,25H,1,9-10,13-16,18H2,2-3H3,(H,31,35)(H,32,33)/t25-/m0/s1. The summed E-state index contributed by atoms with van der Waals surface area (Å²) in [5, 5.41) is 6.25. The lowest BCUT2D eigenvalue weighted by atomic mass is 9.95. The number of amides is 1. The Morgan fingerprint density at radius 2 is 1.95 bits per heavy atom. The van der Waals surface area contributed by atoms with Gasteiger partial charge in [0.2, 0.25) is 15.9 Å². The lowest BCUT2D eigenvalue weighted by Crippen LogP contribution is -2.51. The van der Waals surface area contributed by atoms with Crippen LogP contribution in [0.15, 0.2) is 70.6 Å². The van der Waals surface area contributed by atoms with Gasteiger partial charge < -0.3 is 10.6 Å². The predicted molar refractivity (Wildman–Crippen MR) is 148 cm³/mol. The summed E-state index contributed by atoms with van der Waals surface area (Å²) in [5.41, 5.74) is 0.442. The van der Waals surface area contributed by atoms with Gasteiger partial charge >= 0.3 is 0 Å². The summed E-state index contributed by atoms with van der Waals surface area (Å²) < 4.78 is 42.4. The molecule has 1 aliphatic heterocycles. The highest BCUT2D eigenvalue weighted by atomic mass is 35.5. The lowest BCUT2D eigenvalue weighted by molar-refractivity contribution is -0.123. The molecule has 2 aromatic rings. The second-order valence-corrected chi connectivity index (χ2v) is 12.8. The molecule has 2 aromatic carbocycles. The molecule has 38 heavy (non-hydrogen) atoms. The Bertz CT molecular complexity index is 1330. The normalized spacial score (nSPS) is 18.7. The van der Waals surface area contributed by atoms with Crippen molar-refractivity contribution in [2.24, 2.45) is 10.9 Å². The maximum atomic E-state index is 14.1. The first-order chi connectivity index (χ1) is 18.0. The number of halogens is 2. The highest BCUT2D eigenvalue weighted by Gasteiger charge is 2.41. The number of nitrogens with one attached hydrogen (secondary N) is 2. The van der Waals surface area contributed by atoms with Gasteiger partial charge in [0, 0.05) is 19.6 Å². The minimum atomic E-state index is -3.89. The van der Waals surface area contributed by atoms with Crippen LogP contribution in [0.1, 0.15) is 45.1 Å². The third kappa shape index (κ3) is 6.81. The summed E-state index contributed by atoms with van der Waals surface area (Å²) in [6.45, 7) is 8.61. The first-order valence-electron chi connectivity index (χ1n) is 12.8. The number of amidine groups is 1. The number of benzene rings is 2. The molecule has 2 N–H and O–H groups in total. The molecular formula is C28H34ClFN4O3S. The van der Waals surface area contributed by atoms with Gasteiger partial charge in [-0.15, -0.1) is 0 Å². The van der Waals surface area contributed by atoms with Crippen molar-refractivity contribution in [1.29, 1.82) is 0 Å². The molecule has 0 aromatic heterocycles. The second kappa shape index (κ2) is 11.6. The van der Waals surface area contributed by atoms with Gasteiger partial charge in [-0.2, -0.15) is 4.31 Å². The average Bonchev–Trinajstić information content (AvgIpc) is 3.64. The van der Waals surface area contributed by atoms with E-state index in [4.69, 9.17) is 11.6 Å². The molecule has 7 nitrogen and oxygen atoms in total. The summed E-state index contributed by atoms with van der Waals surface area (Å²) in [6, 6.07) is 11.7. The van der Waals surface area contributed by atoms with Crippen LogP contribution in [-0.4, -0.2) is 49.1 Å². The van der Waals surface area contributed by atoms with Crippen molar-refractivity contribution in [3.8, 4) is 0 Å².